The van der Waals surface area contributed by atoms with Crippen molar-refractivity contribution < 1.29 is 4.74 Å². The number of rotatable bonds is 4. The molecule has 5 heteroatoms. The molecule has 0 spiro atoms. The van der Waals surface area contributed by atoms with Gasteiger partial charge in [-0.05, 0) is 17.7 Å². The predicted octanol–water partition coefficient (Wildman–Crippen LogP) is 2.75. The largest absolute Gasteiger partial charge is 0.481 e. The molecule has 0 aliphatic heterocycles. The Morgan fingerprint density at radius 3 is 2.82 bits per heavy atom. The zero-order chi connectivity index (χ0) is 12.1. The van der Waals surface area contributed by atoms with E-state index in [0.717, 1.165) is 11.3 Å². The summed E-state index contributed by atoms with van der Waals surface area (Å²) in [7, 11) is 1.59. The molecule has 0 bridgehead atoms. The number of anilines is 1. The lowest BCUT2D eigenvalue weighted by molar-refractivity contribution is 0.397. The first-order valence-corrected chi connectivity index (χ1v) is 5.50. The number of methoxy groups -OCH3 is 1. The molecule has 0 aliphatic rings. The minimum absolute atomic E-state index is 0.467. The number of hydrogen-bond acceptors (Lipinski definition) is 4. The maximum Gasteiger partial charge on any atom is 0.212 e. The van der Waals surface area contributed by atoms with Gasteiger partial charge in [0.1, 0.15) is 0 Å². The Hall–Kier alpha value is -1.81. The Kier molecular flexibility index (Phi) is 3.77. The van der Waals surface area contributed by atoms with Gasteiger partial charge in [-0.1, -0.05) is 17.7 Å². The molecule has 2 aromatic rings. The Labute approximate surface area is 105 Å². The fourth-order valence-electron chi connectivity index (χ4n) is 1.35. The van der Waals surface area contributed by atoms with Crippen LogP contribution in [0.3, 0.4) is 0 Å². The summed E-state index contributed by atoms with van der Waals surface area (Å²) in [6.45, 7) is 0.641. The summed E-state index contributed by atoms with van der Waals surface area (Å²) in [5, 5.41) is 3.66. The lowest BCUT2D eigenvalue weighted by atomic mass is 10.3. The quantitative estimate of drug-likeness (QED) is 0.847. The van der Waals surface area contributed by atoms with E-state index >= 15 is 0 Å². The van der Waals surface area contributed by atoms with E-state index in [1.807, 2.05) is 24.3 Å². The SMILES string of the molecule is COc1ccc(CNc2cccnc2Cl)cn1. The molecular weight excluding hydrogens is 238 g/mol. The van der Waals surface area contributed by atoms with Crippen molar-refractivity contribution in [2.75, 3.05) is 12.4 Å². The Morgan fingerprint density at radius 1 is 1.29 bits per heavy atom. The van der Waals surface area contributed by atoms with Gasteiger partial charge in [-0.2, -0.15) is 0 Å². The summed E-state index contributed by atoms with van der Waals surface area (Å²) in [6, 6.07) is 7.48. The van der Waals surface area contributed by atoms with E-state index in [4.69, 9.17) is 16.3 Å². The van der Waals surface area contributed by atoms with E-state index in [1.54, 1.807) is 19.5 Å². The maximum absolute atomic E-state index is 5.93. The third kappa shape index (κ3) is 3.07. The van der Waals surface area contributed by atoms with Crippen molar-refractivity contribution in [3.63, 3.8) is 0 Å². The van der Waals surface area contributed by atoms with Crippen LogP contribution in [0.4, 0.5) is 5.69 Å². The minimum atomic E-state index is 0.467. The van der Waals surface area contributed by atoms with Crippen LogP contribution < -0.4 is 10.1 Å². The average Bonchev–Trinajstić information content (AvgIpc) is 2.38. The monoisotopic (exact) mass is 249 g/mol. The van der Waals surface area contributed by atoms with Crippen LogP contribution in [0.1, 0.15) is 5.56 Å². The second-order valence-electron chi connectivity index (χ2n) is 3.40. The van der Waals surface area contributed by atoms with Crippen molar-refractivity contribution in [3.8, 4) is 5.88 Å². The van der Waals surface area contributed by atoms with Gasteiger partial charge in [-0.3, -0.25) is 0 Å². The van der Waals surface area contributed by atoms with Crippen molar-refractivity contribution in [1.29, 1.82) is 0 Å². The summed E-state index contributed by atoms with van der Waals surface area (Å²) < 4.78 is 4.99. The van der Waals surface area contributed by atoms with Crippen LogP contribution in [0.2, 0.25) is 5.15 Å². The molecule has 88 valence electrons. The van der Waals surface area contributed by atoms with Crippen molar-refractivity contribution in [3.05, 3.63) is 47.4 Å². The number of pyridine rings is 2. The molecule has 0 saturated heterocycles. The van der Waals surface area contributed by atoms with Gasteiger partial charge in [0.15, 0.2) is 5.15 Å². The third-order valence-electron chi connectivity index (χ3n) is 2.25. The first-order valence-electron chi connectivity index (χ1n) is 5.13. The number of halogens is 1. The van der Waals surface area contributed by atoms with Crippen molar-refractivity contribution >= 4 is 17.3 Å². The molecule has 0 atom stereocenters. The van der Waals surface area contributed by atoms with Crippen molar-refractivity contribution in [1.82, 2.24) is 9.97 Å². The van der Waals surface area contributed by atoms with Gasteiger partial charge in [0, 0.05) is 25.0 Å². The smallest absolute Gasteiger partial charge is 0.212 e. The molecule has 0 fully saturated rings. The highest BCUT2D eigenvalue weighted by Crippen LogP contribution is 2.18. The molecule has 2 heterocycles. The zero-order valence-electron chi connectivity index (χ0n) is 9.35. The van der Waals surface area contributed by atoms with Crippen molar-refractivity contribution in [2.45, 2.75) is 6.54 Å². The van der Waals surface area contributed by atoms with E-state index in [-0.39, 0.29) is 0 Å². The van der Waals surface area contributed by atoms with Gasteiger partial charge in [-0.15, -0.1) is 0 Å². The maximum atomic E-state index is 5.93. The van der Waals surface area contributed by atoms with Gasteiger partial charge >= 0.3 is 0 Å². The van der Waals surface area contributed by atoms with E-state index in [9.17, 15) is 0 Å². The highest BCUT2D eigenvalue weighted by atomic mass is 35.5. The molecular formula is C12H12ClN3O. The summed E-state index contributed by atoms with van der Waals surface area (Å²) >= 11 is 5.93. The number of nitrogens with zero attached hydrogens (tertiary/aromatic N) is 2. The highest BCUT2D eigenvalue weighted by molar-refractivity contribution is 6.31. The molecule has 0 aromatic carbocycles. The molecule has 2 rings (SSSR count). The standard InChI is InChI=1S/C12H12ClN3O/c1-17-11-5-4-9(8-16-11)7-15-10-3-2-6-14-12(10)13/h2-6,8,15H,7H2,1H3. The van der Waals surface area contributed by atoms with E-state index in [1.165, 1.54) is 0 Å². The van der Waals surface area contributed by atoms with Crippen LogP contribution in [0.5, 0.6) is 5.88 Å². The molecule has 1 N–H and O–H groups in total. The Morgan fingerprint density at radius 2 is 2.18 bits per heavy atom. The molecule has 2 aromatic heterocycles. The number of nitrogens with one attached hydrogen (secondary N) is 1. The number of ether oxygens (including phenoxy) is 1. The first kappa shape index (κ1) is 11.7. The van der Waals surface area contributed by atoms with Gasteiger partial charge in [0.25, 0.3) is 0 Å². The van der Waals surface area contributed by atoms with E-state index in [0.29, 0.717) is 17.6 Å². The van der Waals surface area contributed by atoms with E-state index in [2.05, 4.69) is 15.3 Å². The summed E-state index contributed by atoms with van der Waals surface area (Å²) in [5.74, 6) is 0.605. The number of aromatic nitrogens is 2. The topological polar surface area (TPSA) is 47.0 Å². The van der Waals surface area contributed by atoms with Crippen LogP contribution in [-0.4, -0.2) is 17.1 Å². The first-order chi connectivity index (χ1) is 8.29. The summed E-state index contributed by atoms with van der Waals surface area (Å²) in [5.41, 5.74) is 1.86. The lowest BCUT2D eigenvalue weighted by Gasteiger charge is -2.07. The molecule has 0 saturated carbocycles. The Bertz CT molecular complexity index is 487. The second kappa shape index (κ2) is 5.50. The molecule has 4 nitrogen and oxygen atoms in total. The van der Waals surface area contributed by atoms with Crippen LogP contribution in [0, 0.1) is 0 Å². The van der Waals surface area contributed by atoms with Crippen LogP contribution >= 0.6 is 11.6 Å². The van der Waals surface area contributed by atoms with Gasteiger partial charge in [-0.25, -0.2) is 9.97 Å². The average molecular weight is 250 g/mol. The zero-order valence-corrected chi connectivity index (χ0v) is 10.1. The molecule has 17 heavy (non-hydrogen) atoms. The molecule has 0 amide bonds. The fraction of sp³-hybridized carbons (Fsp3) is 0.167. The van der Waals surface area contributed by atoms with Crippen molar-refractivity contribution in [2.24, 2.45) is 0 Å². The molecule has 0 radical (unpaired) electrons. The lowest BCUT2D eigenvalue weighted by Crippen LogP contribution is -2.01. The molecule has 0 aliphatic carbocycles. The van der Waals surface area contributed by atoms with Gasteiger partial charge in [0.05, 0.1) is 12.8 Å². The minimum Gasteiger partial charge on any atom is -0.481 e. The summed E-state index contributed by atoms with van der Waals surface area (Å²) in [4.78, 5) is 8.11. The second-order valence-corrected chi connectivity index (χ2v) is 3.76. The normalized spacial score (nSPS) is 10.0. The summed E-state index contributed by atoms with van der Waals surface area (Å²) in [6.07, 6.45) is 3.42. The van der Waals surface area contributed by atoms with Crippen LogP contribution in [0.25, 0.3) is 0 Å². The third-order valence-corrected chi connectivity index (χ3v) is 2.55. The highest BCUT2D eigenvalue weighted by Gasteiger charge is 2.00. The predicted molar refractivity (Wildman–Crippen MR) is 67.4 cm³/mol. The van der Waals surface area contributed by atoms with E-state index < -0.39 is 0 Å². The Balaban J connectivity index is 2.00. The number of hydrogen-bond donors (Lipinski definition) is 1. The van der Waals surface area contributed by atoms with Gasteiger partial charge < -0.3 is 10.1 Å². The molecule has 0 unspecified atom stereocenters. The fourth-order valence-corrected chi connectivity index (χ4v) is 1.54. The van der Waals surface area contributed by atoms with Crippen LogP contribution in [-0.2, 0) is 6.54 Å². The van der Waals surface area contributed by atoms with Crippen LogP contribution in [0.15, 0.2) is 36.7 Å². The van der Waals surface area contributed by atoms with Gasteiger partial charge in [0.2, 0.25) is 5.88 Å².